The molecule has 0 aliphatic heterocycles. The number of nitrogens with one attached hydrogen (secondary N) is 1. The number of benzene rings is 2. The zero-order chi connectivity index (χ0) is 19.2. The van der Waals surface area contributed by atoms with E-state index in [1.54, 1.807) is 24.3 Å². The molecule has 2 aromatic carbocycles. The lowest BCUT2D eigenvalue weighted by molar-refractivity contribution is -0.118. The highest BCUT2D eigenvalue weighted by Gasteiger charge is 2.13. The van der Waals surface area contributed by atoms with Crippen molar-refractivity contribution in [3.8, 4) is 0 Å². The van der Waals surface area contributed by atoms with Crippen molar-refractivity contribution in [2.45, 2.75) is 18.2 Å². The summed E-state index contributed by atoms with van der Waals surface area (Å²) in [6.07, 6.45) is 1.63. The van der Waals surface area contributed by atoms with Crippen LogP contribution in [0.2, 0.25) is 5.02 Å². The summed E-state index contributed by atoms with van der Waals surface area (Å²) in [6.45, 7) is 4.47. The molecular weight excluding hydrogens is 382 g/mol. The van der Waals surface area contributed by atoms with Gasteiger partial charge in [-0.15, -0.1) is 6.58 Å². The van der Waals surface area contributed by atoms with Crippen LogP contribution in [0.4, 0.5) is 0 Å². The first-order valence-corrected chi connectivity index (χ1v) is 9.69. The van der Waals surface area contributed by atoms with Crippen molar-refractivity contribution in [1.82, 2.24) is 14.9 Å². The molecule has 0 unspecified atom stereocenters. The topological polar surface area (TPSA) is 64.0 Å². The lowest BCUT2D eigenvalue weighted by Gasteiger charge is -2.11. The summed E-state index contributed by atoms with van der Waals surface area (Å²) < 4.78 is 1.51. The van der Waals surface area contributed by atoms with E-state index >= 15 is 0 Å². The van der Waals surface area contributed by atoms with Crippen LogP contribution in [-0.2, 0) is 17.9 Å². The van der Waals surface area contributed by atoms with E-state index in [0.29, 0.717) is 34.2 Å². The smallest absolute Gasteiger partial charge is 0.262 e. The number of rotatable bonds is 7. The maximum absolute atomic E-state index is 12.7. The standard InChI is InChI=1S/C20H18ClN3O2S/c1-2-10-24-19(26)16-9-8-15(21)11-17(16)23-20(24)27-13-18(25)22-12-14-6-4-3-5-7-14/h2-9,11H,1,10,12-13H2,(H,22,25). The lowest BCUT2D eigenvalue weighted by Crippen LogP contribution is -2.26. The van der Waals surface area contributed by atoms with Crippen LogP contribution < -0.4 is 10.9 Å². The highest BCUT2D eigenvalue weighted by atomic mass is 35.5. The number of thioether (sulfide) groups is 1. The van der Waals surface area contributed by atoms with Gasteiger partial charge in [0.2, 0.25) is 5.91 Å². The molecule has 27 heavy (non-hydrogen) atoms. The second kappa shape index (κ2) is 8.88. The number of aromatic nitrogens is 2. The predicted octanol–water partition coefficient (Wildman–Crippen LogP) is 3.64. The van der Waals surface area contributed by atoms with Crippen LogP contribution in [0.25, 0.3) is 10.9 Å². The summed E-state index contributed by atoms with van der Waals surface area (Å²) in [5.74, 6) is 0.0251. The fraction of sp³-hybridized carbons (Fsp3) is 0.150. The number of carbonyl (C=O) groups excluding carboxylic acids is 1. The number of hydrogen-bond donors (Lipinski definition) is 1. The number of halogens is 1. The van der Waals surface area contributed by atoms with Gasteiger partial charge in [0.05, 0.1) is 16.7 Å². The van der Waals surface area contributed by atoms with Gasteiger partial charge in [-0.2, -0.15) is 0 Å². The first kappa shape index (κ1) is 19.2. The van der Waals surface area contributed by atoms with Gasteiger partial charge in [0.1, 0.15) is 0 Å². The molecule has 3 aromatic rings. The average Bonchev–Trinajstić information content (AvgIpc) is 2.68. The molecule has 3 rings (SSSR count). The molecular formula is C20H18ClN3O2S. The third-order valence-corrected chi connectivity index (χ3v) is 5.07. The van der Waals surface area contributed by atoms with Gasteiger partial charge in [0, 0.05) is 18.1 Å². The Morgan fingerprint density at radius 2 is 2.04 bits per heavy atom. The third kappa shape index (κ3) is 4.78. The van der Waals surface area contributed by atoms with Crippen molar-refractivity contribution in [1.29, 1.82) is 0 Å². The summed E-state index contributed by atoms with van der Waals surface area (Å²) >= 11 is 7.23. The van der Waals surface area contributed by atoms with Gasteiger partial charge in [-0.3, -0.25) is 14.2 Å². The SMILES string of the molecule is C=CCn1c(SCC(=O)NCc2ccccc2)nc2cc(Cl)ccc2c1=O. The first-order chi connectivity index (χ1) is 13.1. The number of nitrogens with zero attached hydrogens (tertiary/aromatic N) is 2. The quantitative estimate of drug-likeness (QED) is 0.374. The van der Waals surface area contributed by atoms with Crippen LogP contribution in [0.3, 0.4) is 0 Å². The normalized spacial score (nSPS) is 10.7. The highest BCUT2D eigenvalue weighted by molar-refractivity contribution is 7.99. The van der Waals surface area contributed by atoms with Gasteiger partial charge in [-0.25, -0.2) is 4.98 Å². The average molecular weight is 400 g/mol. The maximum Gasteiger partial charge on any atom is 0.262 e. The van der Waals surface area contributed by atoms with Crippen LogP contribution in [0.5, 0.6) is 0 Å². The minimum Gasteiger partial charge on any atom is -0.351 e. The molecule has 0 saturated carbocycles. The van der Waals surface area contributed by atoms with Crippen LogP contribution >= 0.6 is 23.4 Å². The minimum absolute atomic E-state index is 0.130. The third-order valence-electron chi connectivity index (χ3n) is 3.86. The van der Waals surface area contributed by atoms with E-state index in [1.807, 2.05) is 30.3 Å². The van der Waals surface area contributed by atoms with Crippen molar-refractivity contribution in [2.24, 2.45) is 0 Å². The zero-order valence-electron chi connectivity index (χ0n) is 14.5. The summed E-state index contributed by atoms with van der Waals surface area (Å²) in [6, 6.07) is 14.6. The summed E-state index contributed by atoms with van der Waals surface area (Å²) in [7, 11) is 0. The fourth-order valence-electron chi connectivity index (χ4n) is 2.55. The fourth-order valence-corrected chi connectivity index (χ4v) is 3.56. The van der Waals surface area contributed by atoms with E-state index in [4.69, 9.17) is 11.6 Å². The van der Waals surface area contributed by atoms with Gasteiger partial charge >= 0.3 is 0 Å². The van der Waals surface area contributed by atoms with Crippen molar-refractivity contribution in [3.05, 3.63) is 82.1 Å². The molecule has 0 bridgehead atoms. The van der Waals surface area contributed by atoms with Gasteiger partial charge in [-0.1, -0.05) is 59.8 Å². The van der Waals surface area contributed by atoms with Crippen LogP contribution in [-0.4, -0.2) is 21.2 Å². The first-order valence-electron chi connectivity index (χ1n) is 8.33. The Kier molecular flexibility index (Phi) is 6.32. The molecule has 7 heteroatoms. The van der Waals surface area contributed by atoms with Crippen LogP contribution in [0.15, 0.2) is 71.1 Å². The Bertz CT molecular complexity index is 1030. The van der Waals surface area contributed by atoms with Gasteiger partial charge in [-0.05, 0) is 23.8 Å². The van der Waals surface area contributed by atoms with E-state index in [9.17, 15) is 9.59 Å². The van der Waals surface area contributed by atoms with Crippen molar-refractivity contribution >= 4 is 40.2 Å². The zero-order valence-corrected chi connectivity index (χ0v) is 16.1. The van der Waals surface area contributed by atoms with E-state index < -0.39 is 0 Å². The van der Waals surface area contributed by atoms with Crippen LogP contribution in [0.1, 0.15) is 5.56 Å². The van der Waals surface area contributed by atoms with E-state index in [1.165, 1.54) is 16.3 Å². The molecule has 0 aliphatic carbocycles. The van der Waals surface area contributed by atoms with Crippen molar-refractivity contribution < 1.29 is 4.79 Å². The molecule has 1 heterocycles. The minimum atomic E-state index is -0.177. The van der Waals surface area contributed by atoms with Crippen molar-refractivity contribution in [2.75, 3.05) is 5.75 Å². The van der Waals surface area contributed by atoms with Gasteiger partial charge < -0.3 is 5.32 Å². The Labute approximate surface area is 166 Å². The number of allylic oxidation sites excluding steroid dienone is 1. The molecule has 0 fully saturated rings. The number of fused-ring (bicyclic) bond motifs is 1. The highest BCUT2D eigenvalue weighted by Crippen LogP contribution is 2.20. The van der Waals surface area contributed by atoms with E-state index in [-0.39, 0.29) is 17.2 Å². The van der Waals surface area contributed by atoms with Crippen molar-refractivity contribution in [3.63, 3.8) is 0 Å². The molecule has 1 N–H and O–H groups in total. The summed E-state index contributed by atoms with van der Waals surface area (Å²) in [5, 5.41) is 4.32. The number of hydrogen-bond acceptors (Lipinski definition) is 4. The largest absolute Gasteiger partial charge is 0.351 e. The van der Waals surface area contributed by atoms with E-state index in [2.05, 4.69) is 16.9 Å². The molecule has 138 valence electrons. The maximum atomic E-state index is 12.7. The Balaban J connectivity index is 1.76. The summed E-state index contributed by atoms with van der Waals surface area (Å²) in [4.78, 5) is 29.4. The molecule has 1 aromatic heterocycles. The monoisotopic (exact) mass is 399 g/mol. The Morgan fingerprint density at radius 3 is 2.78 bits per heavy atom. The Hall–Kier alpha value is -2.57. The molecule has 1 amide bonds. The Morgan fingerprint density at radius 1 is 1.26 bits per heavy atom. The molecule has 0 spiro atoms. The second-order valence-electron chi connectivity index (χ2n) is 5.81. The summed E-state index contributed by atoms with van der Waals surface area (Å²) in [5.41, 5.74) is 1.36. The van der Waals surface area contributed by atoms with Gasteiger partial charge in [0.15, 0.2) is 5.16 Å². The molecule has 0 saturated heterocycles. The number of carbonyl (C=O) groups is 1. The molecule has 5 nitrogen and oxygen atoms in total. The molecule has 0 radical (unpaired) electrons. The van der Waals surface area contributed by atoms with E-state index in [0.717, 1.165) is 5.56 Å². The predicted molar refractivity (Wildman–Crippen MR) is 110 cm³/mol. The van der Waals surface area contributed by atoms with Gasteiger partial charge in [0.25, 0.3) is 5.56 Å². The lowest BCUT2D eigenvalue weighted by atomic mass is 10.2. The number of amides is 1. The molecule has 0 atom stereocenters. The van der Waals surface area contributed by atoms with Crippen LogP contribution in [0, 0.1) is 0 Å². The second-order valence-corrected chi connectivity index (χ2v) is 7.19. The molecule has 0 aliphatic rings.